The van der Waals surface area contributed by atoms with E-state index in [-0.39, 0.29) is 6.04 Å². The van der Waals surface area contributed by atoms with Crippen molar-refractivity contribution in [1.82, 2.24) is 19.6 Å². The third-order valence-electron chi connectivity index (χ3n) is 3.90. The van der Waals surface area contributed by atoms with Gasteiger partial charge < -0.3 is 5.32 Å². The molecule has 0 spiro atoms. The minimum Gasteiger partial charge on any atom is -0.362 e. The number of aromatic nitrogens is 4. The van der Waals surface area contributed by atoms with Crippen molar-refractivity contribution in [3.8, 4) is 0 Å². The third-order valence-corrected chi connectivity index (χ3v) is 3.90. The maximum atomic E-state index is 4.69. The molecule has 3 heterocycles. The summed E-state index contributed by atoms with van der Waals surface area (Å²) >= 11 is 0. The minimum absolute atomic E-state index is 0.0886. The van der Waals surface area contributed by atoms with Crippen LogP contribution >= 0.6 is 0 Å². The van der Waals surface area contributed by atoms with Crippen molar-refractivity contribution in [1.29, 1.82) is 0 Å². The van der Waals surface area contributed by atoms with Crippen LogP contribution in [0.25, 0.3) is 5.65 Å². The molecule has 1 N–H and O–H groups in total. The maximum absolute atomic E-state index is 4.69. The van der Waals surface area contributed by atoms with E-state index in [0.717, 1.165) is 34.1 Å². The zero-order valence-corrected chi connectivity index (χ0v) is 14.3. The van der Waals surface area contributed by atoms with Crippen LogP contribution in [-0.2, 0) is 0 Å². The molecule has 0 saturated carbocycles. The molecule has 3 aromatic rings. The number of aryl methyl sites for hydroxylation is 2. The molecule has 0 aliphatic carbocycles. The predicted octanol–water partition coefficient (Wildman–Crippen LogP) is 4.04. The van der Waals surface area contributed by atoms with Crippen molar-refractivity contribution >= 4 is 11.5 Å². The van der Waals surface area contributed by atoms with E-state index in [9.17, 15) is 0 Å². The lowest BCUT2D eigenvalue weighted by molar-refractivity contribution is 0.782. The quantitative estimate of drug-likeness (QED) is 0.790. The highest BCUT2D eigenvalue weighted by Gasteiger charge is 2.13. The van der Waals surface area contributed by atoms with Crippen molar-refractivity contribution in [2.45, 2.75) is 46.6 Å². The van der Waals surface area contributed by atoms with Crippen LogP contribution in [0.3, 0.4) is 0 Å². The Bertz CT molecular complexity index is 817. The highest BCUT2D eigenvalue weighted by atomic mass is 15.3. The van der Waals surface area contributed by atoms with Crippen LogP contribution < -0.4 is 5.32 Å². The van der Waals surface area contributed by atoms with E-state index >= 15 is 0 Å². The van der Waals surface area contributed by atoms with Crippen LogP contribution in [0.2, 0.25) is 0 Å². The summed E-state index contributed by atoms with van der Waals surface area (Å²) in [6.07, 6.45) is 1.90. The van der Waals surface area contributed by atoms with Gasteiger partial charge >= 0.3 is 0 Å². The van der Waals surface area contributed by atoms with Crippen LogP contribution in [0, 0.1) is 13.8 Å². The lowest BCUT2D eigenvalue weighted by Gasteiger charge is -2.17. The van der Waals surface area contributed by atoms with Gasteiger partial charge in [0.2, 0.25) is 0 Å². The van der Waals surface area contributed by atoms with Gasteiger partial charge in [-0.2, -0.15) is 9.61 Å². The molecule has 0 radical (unpaired) electrons. The number of anilines is 1. The van der Waals surface area contributed by atoms with Gasteiger partial charge in [0, 0.05) is 24.0 Å². The average Bonchev–Trinajstić information content (AvgIpc) is 2.88. The minimum atomic E-state index is 0.0886. The Morgan fingerprint density at radius 1 is 1.04 bits per heavy atom. The van der Waals surface area contributed by atoms with Gasteiger partial charge in [-0.3, -0.25) is 4.98 Å². The van der Waals surface area contributed by atoms with Crippen molar-refractivity contribution in [3.63, 3.8) is 0 Å². The Morgan fingerprint density at radius 2 is 1.83 bits per heavy atom. The lowest BCUT2D eigenvalue weighted by atomic mass is 10.1. The van der Waals surface area contributed by atoms with E-state index < -0.39 is 0 Å². The Morgan fingerprint density at radius 3 is 2.48 bits per heavy atom. The van der Waals surface area contributed by atoms with Crippen LogP contribution in [0.1, 0.15) is 55.4 Å². The average molecular weight is 309 g/mol. The molecule has 0 unspecified atom stereocenters. The van der Waals surface area contributed by atoms with E-state index in [1.54, 1.807) is 0 Å². The summed E-state index contributed by atoms with van der Waals surface area (Å²) in [5.74, 6) is 1.31. The van der Waals surface area contributed by atoms with Crippen molar-refractivity contribution in [3.05, 3.63) is 53.1 Å². The lowest BCUT2D eigenvalue weighted by Crippen LogP contribution is -2.13. The van der Waals surface area contributed by atoms with E-state index in [1.807, 2.05) is 30.6 Å². The normalized spacial score (nSPS) is 12.8. The molecule has 3 rings (SSSR count). The van der Waals surface area contributed by atoms with Gasteiger partial charge in [0.05, 0.1) is 17.4 Å². The van der Waals surface area contributed by atoms with Gasteiger partial charge in [0.25, 0.3) is 0 Å². The van der Waals surface area contributed by atoms with Crippen LogP contribution in [-0.4, -0.2) is 19.6 Å². The van der Waals surface area contributed by atoms with Gasteiger partial charge in [-0.15, -0.1) is 0 Å². The second-order valence-electron chi connectivity index (χ2n) is 6.40. The molecule has 5 heteroatoms. The second kappa shape index (κ2) is 5.99. The molecule has 0 aliphatic rings. The smallest absolute Gasteiger partial charge is 0.157 e. The summed E-state index contributed by atoms with van der Waals surface area (Å²) in [5, 5.41) is 8.07. The third kappa shape index (κ3) is 3.18. The molecule has 5 nitrogen and oxygen atoms in total. The van der Waals surface area contributed by atoms with Crippen molar-refractivity contribution in [2.75, 3.05) is 5.32 Å². The summed E-state index contributed by atoms with van der Waals surface area (Å²) in [5.41, 5.74) is 5.07. The number of hydrogen-bond acceptors (Lipinski definition) is 4. The Kier molecular flexibility index (Phi) is 4.03. The van der Waals surface area contributed by atoms with Gasteiger partial charge in [0.15, 0.2) is 5.65 Å². The Balaban J connectivity index is 1.99. The van der Waals surface area contributed by atoms with E-state index in [4.69, 9.17) is 4.98 Å². The first kappa shape index (κ1) is 15.5. The molecule has 0 amide bonds. The van der Waals surface area contributed by atoms with Gasteiger partial charge in [-0.25, -0.2) is 4.98 Å². The molecule has 0 saturated heterocycles. The van der Waals surface area contributed by atoms with Crippen LogP contribution in [0.15, 0.2) is 30.5 Å². The Labute approximate surface area is 136 Å². The molecule has 23 heavy (non-hydrogen) atoms. The van der Waals surface area contributed by atoms with Gasteiger partial charge in [0.1, 0.15) is 5.82 Å². The van der Waals surface area contributed by atoms with E-state index in [2.05, 4.69) is 54.4 Å². The summed E-state index contributed by atoms with van der Waals surface area (Å²) in [7, 11) is 0. The number of rotatable bonds is 4. The number of pyridine rings is 1. The number of nitrogens with zero attached hydrogens (tertiary/aromatic N) is 4. The molecular weight excluding hydrogens is 286 g/mol. The first-order valence-electron chi connectivity index (χ1n) is 8.00. The standard InChI is InChI=1S/C18H23N5/c1-11(2)16-9-18(23-17(21-16)8-13(4)22-23)20-14(5)15-7-6-12(3)10-19-15/h6-11,14,20H,1-5H3/t14-/m1/s1. The molecule has 0 aliphatic heterocycles. The van der Waals surface area contributed by atoms with E-state index in [1.165, 1.54) is 0 Å². The topological polar surface area (TPSA) is 55.1 Å². The largest absolute Gasteiger partial charge is 0.362 e. The maximum Gasteiger partial charge on any atom is 0.157 e. The first-order valence-corrected chi connectivity index (χ1v) is 8.00. The summed E-state index contributed by atoms with van der Waals surface area (Å²) in [4.78, 5) is 9.20. The number of fused-ring (bicyclic) bond motifs is 1. The molecule has 0 bridgehead atoms. The van der Waals surface area contributed by atoms with Crippen LogP contribution in [0.5, 0.6) is 0 Å². The zero-order valence-electron chi connectivity index (χ0n) is 14.3. The highest BCUT2D eigenvalue weighted by molar-refractivity contribution is 5.51. The fourth-order valence-corrected chi connectivity index (χ4v) is 2.54. The van der Waals surface area contributed by atoms with Gasteiger partial charge in [-0.1, -0.05) is 19.9 Å². The molecule has 0 aromatic carbocycles. The highest BCUT2D eigenvalue weighted by Crippen LogP contribution is 2.23. The first-order chi connectivity index (χ1) is 10.9. The summed E-state index contributed by atoms with van der Waals surface area (Å²) in [6.45, 7) is 10.4. The van der Waals surface area contributed by atoms with E-state index in [0.29, 0.717) is 5.92 Å². The molecule has 1 atom stereocenters. The molecule has 0 fully saturated rings. The van der Waals surface area contributed by atoms with Gasteiger partial charge in [-0.05, 0) is 38.3 Å². The summed E-state index contributed by atoms with van der Waals surface area (Å²) in [6, 6.07) is 8.31. The number of nitrogens with one attached hydrogen (secondary N) is 1. The number of hydrogen-bond donors (Lipinski definition) is 1. The van der Waals surface area contributed by atoms with Crippen molar-refractivity contribution in [2.24, 2.45) is 0 Å². The molecule has 3 aromatic heterocycles. The fourth-order valence-electron chi connectivity index (χ4n) is 2.54. The molecular formula is C18H23N5. The SMILES string of the molecule is Cc1ccc([C@@H](C)Nc2cc(C(C)C)nc3cc(C)nn23)nc1. The Hall–Kier alpha value is -2.43. The fraction of sp³-hybridized carbons (Fsp3) is 0.389. The molecule has 120 valence electrons. The second-order valence-corrected chi connectivity index (χ2v) is 6.40. The predicted molar refractivity (Wildman–Crippen MR) is 92.8 cm³/mol. The van der Waals surface area contributed by atoms with Crippen molar-refractivity contribution < 1.29 is 0 Å². The van der Waals surface area contributed by atoms with Crippen LogP contribution in [0.4, 0.5) is 5.82 Å². The summed E-state index contributed by atoms with van der Waals surface area (Å²) < 4.78 is 1.87. The monoisotopic (exact) mass is 309 g/mol. The zero-order chi connectivity index (χ0) is 16.6.